The van der Waals surface area contributed by atoms with E-state index in [1.54, 1.807) is 37.4 Å². The third-order valence-corrected chi connectivity index (χ3v) is 8.55. The molecular weight excluding hydrogens is 707 g/mol. The Labute approximate surface area is 311 Å². The molecule has 270 valence electrons. The van der Waals surface area contributed by atoms with Crippen molar-refractivity contribution >= 4 is 70.0 Å². The number of nitrogens with one attached hydrogen (secondary N) is 2. The number of carbonyl (C=O) groups is 6. The number of Topliss-reactive ketones (excluding diaryl/α,β-unsaturated/α-hetero) is 1. The number of ketones is 1. The number of hydrogen-bond donors (Lipinski definition) is 2. The number of para-hydroxylation sites is 2. The van der Waals surface area contributed by atoms with Crippen LogP contribution in [0.25, 0.3) is 0 Å². The Morgan fingerprint density at radius 2 is 1.15 bits per heavy atom. The topological polar surface area (TPSA) is 142 Å². The zero-order valence-electron chi connectivity index (χ0n) is 28.5. The Morgan fingerprint density at radius 3 is 1.77 bits per heavy atom. The first-order chi connectivity index (χ1) is 25.0. The third kappa shape index (κ3) is 11.8. The van der Waals surface area contributed by atoms with E-state index < -0.39 is 49.8 Å². The molecule has 0 saturated carbocycles. The summed E-state index contributed by atoms with van der Waals surface area (Å²) in [5.41, 5.74) is 2.47. The van der Waals surface area contributed by atoms with E-state index in [1.807, 2.05) is 60.7 Å². The summed E-state index contributed by atoms with van der Waals surface area (Å²) in [5.74, 6) is -3.47. The second kappa shape index (κ2) is 19.8. The molecule has 0 heterocycles. The number of amides is 4. The maximum absolute atomic E-state index is 13.7. The first-order valence-electron chi connectivity index (χ1n) is 16.4. The molecule has 13 heteroatoms. The third-order valence-electron chi connectivity index (χ3n) is 7.92. The van der Waals surface area contributed by atoms with E-state index in [-0.39, 0.29) is 46.0 Å². The molecule has 4 aromatic carbocycles. The van der Waals surface area contributed by atoms with Gasteiger partial charge in [0.1, 0.15) is 6.54 Å². The van der Waals surface area contributed by atoms with Gasteiger partial charge in [0.25, 0.3) is 0 Å². The van der Waals surface area contributed by atoms with E-state index in [0.717, 1.165) is 16.0 Å². The fourth-order valence-corrected chi connectivity index (χ4v) is 5.65. The summed E-state index contributed by atoms with van der Waals surface area (Å²) < 4.78 is 5.04. The van der Waals surface area contributed by atoms with E-state index in [4.69, 9.17) is 27.9 Å². The van der Waals surface area contributed by atoms with Crippen molar-refractivity contribution in [1.29, 1.82) is 0 Å². The molecular formula is C39H38Cl2N4O7. The summed E-state index contributed by atoms with van der Waals surface area (Å²) in [4.78, 5) is 80.4. The fourth-order valence-electron chi connectivity index (χ4n) is 5.10. The highest BCUT2D eigenvalue weighted by Crippen LogP contribution is 2.29. The predicted octanol–water partition coefficient (Wildman–Crippen LogP) is 5.21. The van der Waals surface area contributed by atoms with Gasteiger partial charge < -0.3 is 20.3 Å². The van der Waals surface area contributed by atoms with E-state index in [9.17, 15) is 28.8 Å². The van der Waals surface area contributed by atoms with Crippen LogP contribution in [0.3, 0.4) is 0 Å². The predicted molar refractivity (Wildman–Crippen MR) is 200 cm³/mol. The van der Waals surface area contributed by atoms with Gasteiger partial charge in [-0.3, -0.25) is 28.9 Å². The normalized spacial score (nSPS) is 10.5. The smallest absolute Gasteiger partial charge is 0.341 e. The van der Waals surface area contributed by atoms with Crippen LogP contribution in [0, 0.1) is 0 Å². The molecule has 0 radical (unpaired) electrons. The molecule has 4 rings (SSSR count). The average Bonchev–Trinajstić information content (AvgIpc) is 3.16. The molecule has 4 aromatic rings. The van der Waals surface area contributed by atoms with Crippen LogP contribution in [0.1, 0.15) is 34.3 Å². The summed E-state index contributed by atoms with van der Waals surface area (Å²) in [6.07, 6.45) is 1.31. The minimum atomic E-state index is -0.906. The van der Waals surface area contributed by atoms with Gasteiger partial charge in [0.05, 0.1) is 40.1 Å². The van der Waals surface area contributed by atoms with Crippen LogP contribution < -0.4 is 20.4 Å². The summed E-state index contributed by atoms with van der Waals surface area (Å²) in [6.45, 7) is -2.17. The number of hydrogen-bond acceptors (Lipinski definition) is 7. The van der Waals surface area contributed by atoms with E-state index in [0.29, 0.717) is 18.5 Å². The second-order valence-corrected chi connectivity index (χ2v) is 12.5. The molecule has 11 nitrogen and oxygen atoms in total. The van der Waals surface area contributed by atoms with Crippen LogP contribution in [0.4, 0.5) is 11.4 Å². The summed E-state index contributed by atoms with van der Waals surface area (Å²) in [6, 6.07) is 30.0. The largest absolute Gasteiger partial charge is 0.454 e. The molecule has 0 aliphatic heterocycles. The Morgan fingerprint density at radius 1 is 0.615 bits per heavy atom. The van der Waals surface area contributed by atoms with Crippen molar-refractivity contribution in [3.63, 3.8) is 0 Å². The molecule has 0 unspecified atom stereocenters. The number of rotatable bonds is 17. The molecule has 0 atom stereocenters. The van der Waals surface area contributed by atoms with E-state index in [2.05, 4.69) is 10.6 Å². The minimum Gasteiger partial charge on any atom is -0.454 e. The minimum absolute atomic E-state index is 0.0548. The highest BCUT2D eigenvalue weighted by molar-refractivity contribution is 6.39. The molecule has 0 saturated heterocycles. The number of nitrogens with zero attached hydrogens (tertiary/aromatic N) is 2. The standard InChI is InChI=1S/C39H38Cl2N4O7/c1-44(36(49)22-20-28-13-6-3-7-14-28)32-17-8-9-18-33(32)45(37(50)24-43-34(47)21-19-27-11-4-2-5-12-27)25-35(48)42-23-29(46)26-52-39(51)38-30(40)15-10-16-31(38)41/h2-18H,19-26H2,1H3,(H,42,48)(H,43,47). The summed E-state index contributed by atoms with van der Waals surface area (Å²) >= 11 is 12.1. The van der Waals surface area contributed by atoms with Gasteiger partial charge in [-0.05, 0) is 48.2 Å². The molecule has 0 aromatic heterocycles. The van der Waals surface area contributed by atoms with Crippen molar-refractivity contribution in [1.82, 2.24) is 10.6 Å². The SMILES string of the molecule is CN(C(=O)CCc1ccccc1)c1ccccc1N(CC(=O)NCC(=O)COC(=O)c1c(Cl)cccc1Cl)C(=O)CNC(=O)CCc1ccccc1. The zero-order valence-corrected chi connectivity index (χ0v) is 30.0. The highest BCUT2D eigenvalue weighted by atomic mass is 35.5. The molecule has 4 amide bonds. The van der Waals surface area contributed by atoms with Crippen molar-refractivity contribution in [3.05, 3.63) is 130 Å². The van der Waals surface area contributed by atoms with Gasteiger partial charge in [-0.15, -0.1) is 0 Å². The lowest BCUT2D eigenvalue weighted by Crippen LogP contribution is -2.47. The summed E-state index contributed by atoms with van der Waals surface area (Å²) in [5, 5.41) is 5.17. The first-order valence-corrected chi connectivity index (χ1v) is 17.2. The van der Waals surface area contributed by atoms with Crippen molar-refractivity contribution in [2.75, 3.05) is 43.1 Å². The lowest BCUT2D eigenvalue weighted by atomic mass is 10.1. The molecule has 52 heavy (non-hydrogen) atoms. The van der Waals surface area contributed by atoms with E-state index in [1.165, 1.54) is 17.0 Å². The quantitative estimate of drug-likeness (QED) is 0.141. The van der Waals surface area contributed by atoms with Crippen molar-refractivity contribution < 1.29 is 33.5 Å². The Balaban J connectivity index is 1.43. The molecule has 0 bridgehead atoms. The number of ether oxygens (including phenoxy) is 1. The van der Waals surface area contributed by atoms with Crippen molar-refractivity contribution in [2.45, 2.75) is 25.7 Å². The Hall–Kier alpha value is -5.52. The average molecular weight is 746 g/mol. The Kier molecular flexibility index (Phi) is 14.9. The van der Waals surface area contributed by atoms with Crippen LogP contribution in [-0.4, -0.2) is 68.7 Å². The molecule has 0 aliphatic rings. The van der Waals surface area contributed by atoms with Gasteiger partial charge >= 0.3 is 5.97 Å². The van der Waals surface area contributed by atoms with Gasteiger partial charge in [0.15, 0.2) is 12.4 Å². The van der Waals surface area contributed by atoms with E-state index >= 15 is 0 Å². The molecule has 2 N–H and O–H groups in total. The zero-order chi connectivity index (χ0) is 37.5. The monoisotopic (exact) mass is 744 g/mol. The van der Waals surface area contributed by atoms with Crippen molar-refractivity contribution in [3.8, 4) is 0 Å². The number of esters is 1. The van der Waals surface area contributed by atoms with Gasteiger partial charge in [0, 0.05) is 19.9 Å². The van der Waals surface area contributed by atoms with Crippen LogP contribution >= 0.6 is 23.2 Å². The van der Waals surface area contributed by atoms with Crippen LogP contribution in [0.2, 0.25) is 10.0 Å². The lowest BCUT2D eigenvalue weighted by Gasteiger charge is -2.28. The second-order valence-electron chi connectivity index (χ2n) is 11.7. The fraction of sp³-hybridized carbons (Fsp3) is 0.231. The van der Waals surface area contributed by atoms with Crippen LogP contribution in [0.5, 0.6) is 0 Å². The van der Waals surface area contributed by atoms with Crippen LogP contribution in [0.15, 0.2) is 103 Å². The number of benzene rings is 4. The number of anilines is 2. The lowest BCUT2D eigenvalue weighted by molar-refractivity contribution is -0.127. The van der Waals surface area contributed by atoms with Gasteiger partial charge in [-0.2, -0.15) is 0 Å². The van der Waals surface area contributed by atoms with Crippen LogP contribution in [-0.2, 0) is 41.6 Å². The maximum Gasteiger partial charge on any atom is 0.341 e. The molecule has 0 aliphatic carbocycles. The van der Waals surface area contributed by atoms with Gasteiger partial charge in [-0.1, -0.05) is 102 Å². The van der Waals surface area contributed by atoms with Crippen molar-refractivity contribution in [2.24, 2.45) is 0 Å². The number of carbonyl (C=O) groups excluding carboxylic acids is 6. The number of aryl methyl sites for hydroxylation is 2. The molecule has 0 spiro atoms. The summed E-state index contributed by atoms with van der Waals surface area (Å²) in [7, 11) is 1.58. The highest BCUT2D eigenvalue weighted by Gasteiger charge is 2.25. The Bertz CT molecular complexity index is 1870. The molecule has 0 fully saturated rings. The van der Waals surface area contributed by atoms with Gasteiger partial charge in [-0.25, -0.2) is 4.79 Å². The van der Waals surface area contributed by atoms with Gasteiger partial charge in [0.2, 0.25) is 23.6 Å². The first kappa shape index (κ1) is 39.3. The maximum atomic E-state index is 13.7. The number of halogens is 2.